The highest BCUT2D eigenvalue weighted by Gasteiger charge is 2.30. The summed E-state index contributed by atoms with van der Waals surface area (Å²) in [5, 5.41) is 3.40. The highest BCUT2D eigenvalue weighted by Crippen LogP contribution is 2.32. The number of carbonyl (C=O) groups is 2. The number of benzene rings is 3. The van der Waals surface area contributed by atoms with Gasteiger partial charge in [-0.25, -0.2) is 8.42 Å². The lowest BCUT2D eigenvalue weighted by Crippen LogP contribution is -2.50. The van der Waals surface area contributed by atoms with Gasteiger partial charge in [-0.05, 0) is 47.9 Å². The molecule has 4 rings (SSSR count). The van der Waals surface area contributed by atoms with Crippen molar-refractivity contribution in [3.05, 3.63) is 94.5 Å². The van der Waals surface area contributed by atoms with Crippen molar-refractivity contribution in [2.45, 2.75) is 32.6 Å². The number of hydrogen-bond acceptors (Lipinski definition) is 6. The van der Waals surface area contributed by atoms with Crippen molar-refractivity contribution >= 4 is 33.4 Å². The van der Waals surface area contributed by atoms with Gasteiger partial charge in [0.1, 0.15) is 6.04 Å². The van der Waals surface area contributed by atoms with Gasteiger partial charge in [-0.15, -0.1) is 0 Å². The van der Waals surface area contributed by atoms with Gasteiger partial charge >= 0.3 is 0 Å². The van der Waals surface area contributed by atoms with Gasteiger partial charge in [-0.2, -0.15) is 4.31 Å². The number of fused-ring (bicyclic) bond motifs is 1. The molecule has 2 amide bonds. The highest BCUT2D eigenvalue weighted by atomic mass is 35.5. The van der Waals surface area contributed by atoms with E-state index in [9.17, 15) is 18.0 Å². The molecule has 0 radical (unpaired) electrons. The van der Waals surface area contributed by atoms with Gasteiger partial charge in [0.2, 0.25) is 28.6 Å². The van der Waals surface area contributed by atoms with E-state index in [2.05, 4.69) is 5.32 Å². The molecule has 1 aliphatic rings. The highest BCUT2D eigenvalue weighted by molar-refractivity contribution is 7.88. The third-order valence-electron chi connectivity index (χ3n) is 6.32. The second-order valence-corrected chi connectivity index (χ2v) is 11.7. The number of ether oxygens (including phenoxy) is 2. The molecule has 9 nitrogen and oxygen atoms in total. The second-order valence-electron chi connectivity index (χ2n) is 9.25. The molecule has 0 fully saturated rings. The minimum absolute atomic E-state index is 0.0326. The number of sulfonamides is 1. The molecule has 0 unspecified atom stereocenters. The van der Waals surface area contributed by atoms with Crippen LogP contribution in [-0.4, -0.2) is 55.1 Å². The van der Waals surface area contributed by atoms with Crippen LogP contribution in [0.5, 0.6) is 11.5 Å². The van der Waals surface area contributed by atoms with Crippen molar-refractivity contribution in [2.75, 3.05) is 19.6 Å². The minimum Gasteiger partial charge on any atom is -0.454 e. The smallest absolute Gasteiger partial charge is 0.242 e. The van der Waals surface area contributed by atoms with E-state index in [0.717, 1.165) is 27.3 Å². The monoisotopic (exact) mass is 571 g/mol. The van der Waals surface area contributed by atoms with Gasteiger partial charge in [0.15, 0.2) is 11.5 Å². The molecule has 3 aromatic carbocycles. The van der Waals surface area contributed by atoms with Crippen molar-refractivity contribution in [1.82, 2.24) is 14.5 Å². The molecule has 1 heterocycles. The lowest BCUT2D eigenvalue weighted by atomic mass is 10.1. The van der Waals surface area contributed by atoms with Crippen LogP contribution in [0.2, 0.25) is 5.02 Å². The molecular weight excluding hydrogens is 542 g/mol. The standard InChI is InChI=1S/C28H30ClN3O6S/c1-20(28(34)30-15-23-10-13-25-26(14-23)38-19-37-25)32(17-22-8-11-24(29)12-9-22)27(33)18-31(39(2,35)36)16-21-6-4-3-5-7-21/h3-14,20H,15-19H2,1-2H3,(H,30,34)/t20-/m0/s1. The van der Waals surface area contributed by atoms with Gasteiger partial charge in [-0.1, -0.05) is 60.1 Å². The summed E-state index contributed by atoms with van der Waals surface area (Å²) in [6, 6.07) is 20.4. The summed E-state index contributed by atoms with van der Waals surface area (Å²) >= 11 is 6.02. The normalized spacial score (nSPS) is 13.2. The van der Waals surface area contributed by atoms with Gasteiger partial charge in [-0.3, -0.25) is 9.59 Å². The van der Waals surface area contributed by atoms with Gasteiger partial charge < -0.3 is 19.7 Å². The molecule has 0 bridgehead atoms. The van der Waals surface area contributed by atoms with Crippen LogP contribution < -0.4 is 14.8 Å². The number of nitrogens with one attached hydrogen (secondary N) is 1. The summed E-state index contributed by atoms with van der Waals surface area (Å²) < 4.78 is 37.0. The van der Waals surface area contributed by atoms with Gasteiger partial charge in [0.25, 0.3) is 0 Å². The fourth-order valence-corrected chi connectivity index (χ4v) is 4.93. The number of hydrogen-bond donors (Lipinski definition) is 1. The lowest BCUT2D eigenvalue weighted by molar-refractivity contribution is -0.140. The van der Waals surface area contributed by atoms with Crippen LogP contribution >= 0.6 is 11.6 Å². The molecule has 0 spiro atoms. The Bertz CT molecular complexity index is 1420. The van der Waals surface area contributed by atoms with Gasteiger partial charge in [0.05, 0.1) is 12.8 Å². The molecule has 0 saturated heterocycles. The summed E-state index contributed by atoms with van der Waals surface area (Å²) in [5.74, 6) is 0.360. The molecular formula is C28H30ClN3O6S. The zero-order chi connectivity index (χ0) is 28.0. The summed E-state index contributed by atoms with van der Waals surface area (Å²) in [4.78, 5) is 28.2. The maximum absolute atomic E-state index is 13.6. The Labute approximate surface area is 233 Å². The third kappa shape index (κ3) is 7.72. The van der Waals surface area contributed by atoms with Crippen LogP contribution in [0.4, 0.5) is 0 Å². The first-order valence-electron chi connectivity index (χ1n) is 12.3. The Hall–Kier alpha value is -3.60. The van der Waals surface area contributed by atoms with Crippen LogP contribution in [0, 0.1) is 0 Å². The van der Waals surface area contributed by atoms with Crippen molar-refractivity contribution < 1.29 is 27.5 Å². The summed E-state index contributed by atoms with van der Waals surface area (Å²) in [7, 11) is -3.72. The number of nitrogens with zero attached hydrogens (tertiary/aromatic N) is 2. The summed E-state index contributed by atoms with van der Waals surface area (Å²) in [6.07, 6.45) is 1.06. The number of carbonyl (C=O) groups excluding carboxylic acids is 2. The zero-order valence-electron chi connectivity index (χ0n) is 21.7. The van der Waals surface area contributed by atoms with E-state index in [0.29, 0.717) is 16.5 Å². The lowest BCUT2D eigenvalue weighted by Gasteiger charge is -2.31. The zero-order valence-corrected chi connectivity index (χ0v) is 23.2. The molecule has 1 aliphatic heterocycles. The SMILES string of the molecule is C[C@@H](C(=O)NCc1ccc2c(c1)OCO2)N(Cc1ccc(Cl)cc1)C(=O)CN(Cc1ccccc1)S(C)(=O)=O. The molecule has 1 N–H and O–H groups in total. The number of amides is 2. The predicted molar refractivity (Wildman–Crippen MR) is 148 cm³/mol. The molecule has 11 heteroatoms. The molecule has 39 heavy (non-hydrogen) atoms. The predicted octanol–water partition coefficient (Wildman–Crippen LogP) is 3.56. The molecule has 0 saturated carbocycles. The Balaban J connectivity index is 1.50. The Morgan fingerprint density at radius 2 is 1.56 bits per heavy atom. The van der Waals surface area contributed by atoms with Crippen molar-refractivity contribution in [3.63, 3.8) is 0 Å². The number of halogens is 1. The maximum Gasteiger partial charge on any atom is 0.242 e. The first-order chi connectivity index (χ1) is 18.6. The summed E-state index contributed by atoms with van der Waals surface area (Å²) in [5.41, 5.74) is 2.30. The maximum atomic E-state index is 13.6. The fourth-order valence-electron chi connectivity index (χ4n) is 4.08. The van der Waals surface area contributed by atoms with Crippen molar-refractivity contribution in [1.29, 1.82) is 0 Å². The van der Waals surface area contributed by atoms with Crippen LogP contribution in [0.3, 0.4) is 0 Å². The molecule has 0 aromatic heterocycles. The van der Waals surface area contributed by atoms with E-state index in [1.165, 1.54) is 4.90 Å². The third-order valence-corrected chi connectivity index (χ3v) is 7.77. The first-order valence-corrected chi connectivity index (χ1v) is 14.5. The Morgan fingerprint density at radius 1 is 0.923 bits per heavy atom. The molecule has 1 atom stereocenters. The molecule has 206 valence electrons. The number of rotatable bonds is 11. The summed E-state index contributed by atoms with van der Waals surface area (Å²) in [6.45, 7) is 1.69. The van der Waals surface area contributed by atoms with Crippen LogP contribution in [-0.2, 0) is 39.2 Å². The average molecular weight is 572 g/mol. The van der Waals surface area contributed by atoms with E-state index in [-0.39, 0.29) is 32.3 Å². The molecule has 3 aromatic rings. The molecule has 0 aliphatic carbocycles. The Morgan fingerprint density at radius 3 is 2.26 bits per heavy atom. The van der Waals surface area contributed by atoms with Crippen LogP contribution in [0.15, 0.2) is 72.8 Å². The largest absolute Gasteiger partial charge is 0.454 e. The topological polar surface area (TPSA) is 105 Å². The van der Waals surface area contributed by atoms with Crippen LogP contribution in [0.25, 0.3) is 0 Å². The van der Waals surface area contributed by atoms with Crippen molar-refractivity contribution in [3.8, 4) is 11.5 Å². The van der Waals surface area contributed by atoms with Gasteiger partial charge in [0, 0.05) is 24.7 Å². The fraction of sp³-hybridized carbons (Fsp3) is 0.286. The first kappa shape index (κ1) is 28.4. The van der Waals surface area contributed by atoms with E-state index in [1.54, 1.807) is 67.6 Å². The van der Waals surface area contributed by atoms with Crippen molar-refractivity contribution in [2.24, 2.45) is 0 Å². The van der Waals surface area contributed by atoms with E-state index in [4.69, 9.17) is 21.1 Å². The van der Waals surface area contributed by atoms with E-state index < -0.39 is 28.5 Å². The van der Waals surface area contributed by atoms with E-state index in [1.807, 2.05) is 12.1 Å². The minimum atomic E-state index is -3.72. The van der Waals surface area contributed by atoms with E-state index >= 15 is 0 Å². The average Bonchev–Trinajstić information content (AvgIpc) is 3.38. The van der Waals surface area contributed by atoms with Crippen LogP contribution in [0.1, 0.15) is 23.6 Å². The Kier molecular flexibility index (Phi) is 9.11. The quantitative estimate of drug-likeness (QED) is 0.377. The second kappa shape index (κ2) is 12.5.